The van der Waals surface area contributed by atoms with E-state index in [1.807, 2.05) is 34.6 Å². The van der Waals surface area contributed by atoms with E-state index in [0.717, 1.165) is 0 Å². The summed E-state index contributed by atoms with van der Waals surface area (Å²) >= 11 is 0. The van der Waals surface area contributed by atoms with Crippen LogP contribution in [0.3, 0.4) is 0 Å². The molecule has 0 aliphatic carbocycles. The van der Waals surface area contributed by atoms with Crippen molar-refractivity contribution < 1.29 is 13.2 Å². The number of halogens is 3. The Morgan fingerprint density at radius 1 is 0.941 bits per heavy atom. The van der Waals surface area contributed by atoms with E-state index in [2.05, 4.69) is 0 Å². The van der Waals surface area contributed by atoms with Crippen molar-refractivity contribution in [1.29, 1.82) is 0 Å². The zero-order valence-electron chi connectivity index (χ0n) is 11.4. The largest absolute Gasteiger partial charge is 0.416 e. The van der Waals surface area contributed by atoms with E-state index < -0.39 is 11.7 Å². The van der Waals surface area contributed by atoms with Gasteiger partial charge in [0, 0.05) is 0 Å². The fourth-order valence-corrected chi connectivity index (χ4v) is 1.39. The highest BCUT2D eigenvalue weighted by atomic mass is 19.4. The van der Waals surface area contributed by atoms with E-state index in [0.29, 0.717) is 5.56 Å². The van der Waals surface area contributed by atoms with Gasteiger partial charge in [-0.2, -0.15) is 13.2 Å². The van der Waals surface area contributed by atoms with Crippen LogP contribution in [0.5, 0.6) is 0 Å². The molecule has 1 aromatic carbocycles. The highest BCUT2D eigenvalue weighted by Gasteiger charge is 2.33. The molecule has 1 rings (SSSR count). The van der Waals surface area contributed by atoms with Crippen LogP contribution in [0.2, 0.25) is 0 Å². The first-order chi connectivity index (χ1) is 7.62. The first-order valence-corrected chi connectivity index (χ1v) is 5.80. The van der Waals surface area contributed by atoms with Crippen molar-refractivity contribution in [2.45, 2.75) is 53.1 Å². The Hall–Kier alpha value is -0.990. The van der Waals surface area contributed by atoms with Gasteiger partial charge in [-0.1, -0.05) is 46.8 Å². The third kappa shape index (κ3) is 4.41. The fraction of sp³-hybridized carbons (Fsp3) is 0.571. The minimum absolute atomic E-state index is 0.256. The molecule has 1 aromatic rings. The first-order valence-electron chi connectivity index (χ1n) is 5.80. The number of benzene rings is 1. The third-order valence-corrected chi connectivity index (χ3v) is 2.41. The van der Waals surface area contributed by atoms with Crippen molar-refractivity contribution in [2.75, 3.05) is 0 Å². The summed E-state index contributed by atoms with van der Waals surface area (Å²) in [6.45, 7) is 11.2. The number of rotatable bonds is 0. The molecule has 98 valence electrons. The number of hydrogen-bond acceptors (Lipinski definition) is 0. The first kappa shape index (κ1) is 16.0. The lowest BCUT2D eigenvalue weighted by atomic mass is 9.85. The molecule has 0 unspecified atom stereocenters. The molecule has 0 fully saturated rings. The summed E-state index contributed by atoms with van der Waals surface area (Å²) in [4.78, 5) is 0. The van der Waals surface area contributed by atoms with Crippen molar-refractivity contribution in [3.8, 4) is 0 Å². The van der Waals surface area contributed by atoms with Crippen LogP contribution in [-0.2, 0) is 11.6 Å². The molecule has 0 saturated heterocycles. The Morgan fingerprint density at radius 2 is 1.41 bits per heavy atom. The Morgan fingerprint density at radius 3 is 1.76 bits per heavy atom. The van der Waals surface area contributed by atoms with Crippen molar-refractivity contribution in [3.63, 3.8) is 0 Å². The van der Waals surface area contributed by atoms with E-state index in [-0.39, 0.29) is 11.0 Å². The third-order valence-electron chi connectivity index (χ3n) is 2.41. The molecular formula is C14H21F3. The summed E-state index contributed by atoms with van der Waals surface area (Å²) in [5.41, 5.74) is 0.194. The molecule has 0 spiro atoms. The summed E-state index contributed by atoms with van der Waals surface area (Å²) in [5.74, 6) is 0. The fourth-order valence-electron chi connectivity index (χ4n) is 1.39. The molecule has 0 aromatic heterocycles. The number of hydrogen-bond donors (Lipinski definition) is 0. The average Bonchev–Trinajstić information content (AvgIpc) is 2.17. The number of alkyl halides is 3. The van der Waals surface area contributed by atoms with Crippen LogP contribution < -0.4 is 0 Å². The standard InChI is InChI=1S/C12H15F3.C2H6/c1-8-5-6-9(11(2,3)4)7-10(8)12(13,14)15;1-2/h5-7H,1-4H3;1-2H3. The molecule has 0 nitrogen and oxygen atoms in total. The summed E-state index contributed by atoms with van der Waals surface area (Å²) in [7, 11) is 0. The van der Waals surface area contributed by atoms with Gasteiger partial charge >= 0.3 is 6.18 Å². The van der Waals surface area contributed by atoms with Crippen LogP contribution in [-0.4, -0.2) is 0 Å². The monoisotopic (exact) mass is 246 g/mol. The Kier molecular flexibility index (Phi) is 5.24. The maximum Gasteiger partial charge on any atom is 0.416 e. The molecule has 0 aliphatic rings. The van der Waals surface area contributed by atoms with Crippen LogP contribution in [0.15, 0.2) is 18.2 Å². The van der Waals surface area contributed by atoms with Crippen LogP contribution in [0.25, 0.3) is 0 Å². The van der Waals surface area contributed by atoms with Gasteiger partial charge in [0.05, 0.1) is 5.56 Å². The highest BCUT2D eigenvalue weighted by Crippen LogP contribution is 2.34. The molecule has 0 bridgehead atoms. The lowest BCUT2D eigenvalue weighted by Gasteiger charge is -2.21. The molecule has 17 heavy (non-hydrogen) atoms. The topological polar surface area (TPSA) is 0 Å². The van der Waals surface area contributed by atoms with Crippen LogP contribution >= 0.6 is 0 Å². The smallest absolute Gasteiger partial charge is 0.166 e. The van der Waals surface area contributed by atoms with E-state index in [4.69, 9.17) is 0 Å². The molecule has 0 saturated carbocycles. The quantitative estimate of drug-likeness (QED) is 0.579. The van der Waals surface area contributed by atoms with Gasteiger partial charge in [0.1, 0.15) is 0 Å². The summed E-state index contributed by atoms with van der Waals surface area (Å²) in [6, 6.07) is 4.53. The second kappa shape index (κ2) is 5.56. The number of aryl methyl sites for hydroxylation is 1. The van der Waals surface area contributed by atoms with Gasteiger partial charge in [0.25, 0.3) is 0 Å². The van der Waals surface area contributed by atoms with E-state index in [1.54, 1.807) is 6.07 Å². The van der Waals surface area contributed by atoms with Crippen molar-refractivity contribution in [3.05, 3.63) is 34.9 Å². The lowest BCUT2D eigenvalue weighted by Crippen LogP contribution is -2.14. The minimum Gasteiger partial charge on any atom is -0.166 e. The maximum atomic E-state index is 12.6. The highest BCUT2D eigenvalue weighted by molar-refractivity contribution is 5.36. The second-order valence-corrected chi connectivity index (χ2v) is 4.78. The SMILES string of the molecule is CC.Cc1ccc(C(C)(C)C)cc1C(F)(F)F. The zero-order valence-corrected chi connectivity index (χ0v) is 11.4. The van der Waals surface area contributed by atoms with E-state index in [9.17, 15) is 13.2 Å². The van der Waals surface area contributed by atoms with Crippen LogP contribution in [0.4, 0.5) is 13.2 Å². The zero-order chi connectivity index (χ0) is 13.9. The lowest BCUT2D eigenvalue weighted by molar-refractivity contribution is -0.138. The molecule has 0 heterocycles. The maximum absolute atomic E-state index is 12.6. The Balaban J connectivity index is 0.00000121. The Labute approximate surface area is 102 Å². The van der Waals surface area contributed by atoms with E-state index >= 15 is 0 Å². The van der Waals surface area contributed by atoms with Crippen LogP contribution in [0.1, 0.15) is 51.3 Å². The average molecular weight is 246 g/mol. The minimum atomic E-state index is -4.26. The molecule has 0 N–H and O–H groups in total. The van der Waals surface area contributed by atoms with E-state index in [1.165, 1.54) is 19.1 Å². The van der Waals surface area contributed by atoms with Gasteiger partial charge < -0.3 is 0 Å². The molecule has 0 aliphatic heterocycles. The van der Waals surface area contributed by atoms with Gasteiger partial charge in [-0.25, -0.2) is 0 Å². The molecular weight excluding hydrogens is 225 g/mol. The summed E-state index contributed by atoms with van der Waals surface area (Å²) in [5, 5.41) is 0. The molecule has 0 radical (unpaired) electrons. The predicted octanol–water partition coefficient (Wildman–Crippen LogP) is 5.34. The van der Waals surface area contributed by atoms with Gasteiger partial charge in [-0.05, 0) is 29.5 Å². The molecule has 3 heteroatoms. The van der Waals surface area contributed by atoms with Gasteiger partial charge in [-0.15, -0.1) is 0 Å². The van der Waals surface area contributed by atoms with Crippen molar-refractivity contribution in [2.24, 2.45) is 0 Å². The summed E-state index contributed by atoms with van der Waals surface area (Å²) < 4.78 is 37.9. The van der Waals surface area contributed by atoms with Gasteiger partial charge in [0.15, 0.2) is 0 Å². The van der Waals surface area contributed by atoms with Gasteiger partial charge in [-0.3, -0.25) is 0 Å². The van der Waals surface area contributed by atoms with Crippen molar-refractivity contribution >= 4 is 0 Å². The van der Waals surface area contributed by atoms with Crippen LogP contribution in [0, 0.1) is 6.92 Å². The summed E-state index contributed by atoms with van der Waals surface area (Å²) in [6.07, 6.45) is -4.26. The molecule has 0 atom stereocenters. The molecule has 0 amide bonds. The van der Waals surface area contributed by atoms with Crippen molar-refractivity contribution in [1.82, 2.24) is 0 Å². The Bertz CT molecular complexity index is 357. The van der Waals surface area contributed by atoms with Gasteiger partial charge in [0.2, 0.25) is 0 Å². The second-order valence-electron chi connectivity index (χ2n) is 4.78. The normalized spacial score (nSPS) is 11.8. The predicted molar refractivity (Wildman–Crippen MR) is 66.2 cm³/mol.